The molecular weight excluding hydrogens is 701 g/mol. The van der Waals surface area contributed by atoms with Gasteiger partial charge in [-0.3, -0.25) is 4.90 Å². The van der Waals surface area contributed by atoms with Crippen molar-refractivity contribution in [2.45, 2.75) is 38.5 Å². The fourth-order valence-electron chi connectivity index (χ4n) is 9.47. The lowest BCUT2D eigenvalue weighted by molar-refractivity contribution is 0.660. The van der Waals surface area contributed by atoms with Gasteiger partial charge < -0.3 is 0 Å². The van der Waals surface area contributed by atoms with Gasteiger partial charge in [0.1, 0.15) is 0 Å². The van der Waals surface area contributed by atoms with Gasteiger partial charge in [-0.05, 0) is 74.8 Å². The topological polar surface area (TPSA) is 41.9 Å². The third-order valence-corrected chi connectivity index (χ3v) is 13.3. The maximum atomic E-state index is 5.54. The molecular formula is C51H38N4S. The summed E-state index contributed by atoms with van der Waals surface area (Å²) in [5.74, 6) is 1.88. The Balaban J connectivity index is 1.21. The van der Waals surface area contributed by atoms with E-state index in [2.05, 4.69) is 184 Å². The number of anilines is 3. The van der Waals surface area contributed by atoms with Crippen molar-refractivity contribution in [3.8, 4) is 45.0 Å². The fraction of sp³-hybridized carbons (Fsp3) is 0.118. The minimum atomic E-state index is -0.246. The van der Waals surface area contributed by atoms with Crippen LogP contribution in [0.1, 0.15) is 49.9 Å². The van der Waals surface area contributed by atoms with Crippen molar-refractivity contribution in [2.75, 3.05) is 4.90 Å². The average Bonchev–Trinajstić information content (AvgIpc) is 3.81. The molecule has 0 N–H and O–H groups in total. The van der Waals surface area contributed by atoms with Gasteiger partial charge in [-0.1, -0.05) is 155 Å². The highest BCUT2D eigenvalue weighted by Gasteiger charge is 2.39. The zero-order valence-electron chi connectivity index (χ0n) is 31.7. The Bertz CT molecular complexity index is 3050. The van der Waals surface area contributed by atoms with Crippen LogP contribution in [0.3, 0.4) is 0 Å². The summed E-state index contributed by atoms with van der Waals surface area (Å²) in [6.45, 7) is 9.31. The highest BCUT2D eigenvalue weighted by molar-refractivity contribution is 7.26. The van der Waals surface area contributed by atoms with Crippen molar-refractivity contribution in [3.63, 3.8) is 0 Å². The monoisotopic (exact) mass is 738 g/mol. The van der Waals surface area contributed by atoms with Crippen LogP contribution < -0.4 is 4.90 Å². The molecule has 0 fully saturated rings. The first-order valence-corrected chi connectivity index (χ1v) is 20.1. The summed E-state index contributed by atoms with van der Waals surface area (Å²) in [7, 11) is 0. The van der Waals surface area contributed by atoms with E-state index in [0.717, 1.165) is 22.5 Å². The number of fused-ring (bicyclic) bond motifs is 9. The molecule has 56 heavy (non-hydrogen) atoms. The molecule has 4 nitrogen and oxygen atoms in total. The Labute approximate surface area is 330 Å². The second-order valence-corrected chi connectivity index (χ2v) is 17.1. The molecule has 7 aromatic carbocycles. The molecule has 0 saturated carbocycles. The van der Waals surface area contributed by atoms with Crippen LogP contribution in [-0.2, 0) is 10.8 Å². The van der Waals surface area contributed by atoms with E-state index < -0.39 is 0 Å². The largest absolute Gasteiger partial charge is 0.278 e. The Morgan fingerprint density at radius 2 is 1.07 bits per heavy atom. The molecule has 0 radical (unpaired) electrons. The van der Waals surface area contributed by atoms with E-state index >= 15 is 0 Å². The number of hydrogen-bond acceptors (Lipinski definition) is 5. The van der Waals surface area contributed by atoms with Gasteiger partial charge in [-0.15, -0.1) is 11.3 Å². The predicted molar refractivity (Wildman–Crippen MR) is 233 cm³/mol. The lowest BCUT2D eigenvalue weighted by Gasteiger charge is -2.28. The molecule has 5 heteroatoms. The van der Waals surface area contributed by atoms with E-state index in [9.17, 15) is 0 Å². The van der Waals surface area contributed by atoms with Crippen molar-refractivity contribution in [3.05, 3.63) is 180 Å². The van der Waals surface area contributed by atoms with Gasteiger partial charge in [0.05, 0.1) is 5.69 Å². The second-order valence-electron chi connectivity index (χ2n) is 16.0. The smallest absolute Gasteiger partial charge is 0.238 e. The van der Waals surface area contributed by atoms with Crippen LogP contribution >= 0.6 is 11.3 Å². The van der Waals surface area contributed by atoms with Crippen molar-refractivity contribution in [1.29, 1.82) is 0 Å². The molecule has 2 aliphatic rings. The molecule has 2 heterocycles. The molecule has 268 valence electrons. The Kier molecular flexibility index (Phi) is 7.08. The molecule has 0 spiro atoms. The molecule has 0 saturated heterocycles. The number of nitrogens with zero attached hydrogens (tertiary/aromatic N) is 4. The van der Waals surface area contributed by atoms with E-state index in [1.165, 1.54) is 64.7 Å². The molecule has 9 aromatic rings. The zero-order chi connectivity index (χ0) is 37.8. The minimum absolute atomic E-state index is 0.181. The molecule has 0 amide bonds. The van der Waals surface area contributed by atoms with E-state index in [1.54, 1.807) is 0 Å². The van der Waals surface area contributed by atoms with Crippen LogP contribution in [0, 0.1) is 0 Å². The maximum Gasteiger partial charge on any atom is 0.238 e. The van der Waals surface area contributed by atoms with Gasteiger partial charge in [0.25, 0.3) is 0 Å². The SMILES string of the molecule is CC1(C)c2ccccc2-c2ccc(N(c3nc(-c4ccccc4)nc(-c4cccc5c4C(C)(C)c4ccccc4-5)n3)c3cccc4sc5ccccc5c34)cc21. The third kappa shape index (κ3) is 4.74. The van der Waals surface area contributed by atoms with E-state index in [4.69, 9.17) is 15.0 Å². The minimum Gasteiger partial charge on any atom is -0.278 e. The van der Waals surface area contributed by atoms with Gasteiger partial charge in [0, 0.05) is 47.8 Å². The standard InChI is InChI=1S/C51H38N4S/c1-50(2)39-23-11-8-18-33(39)35-29-28-32(30-41(35)50)55(42-25-15-27-44-45(42)37-20-10-13-26-43(37)56-44)49-53-47(31-16-6-5-7-17-31)52-48(54-49)38-22-14-21-36-34-19-9-12-24-40(34)51(3,4)46(36)38/h5-30H,1-4H3. The number of aromatic nitrogens is 3. The lowest BCUT2D eigenvalue weighted by Crippen LogP contribution is -2.19. The first kappa shape index (κ1) is 33.0. The molecule has 0 unspecified atom stereocenters. The first-order chi connectivity index (χ1) is 27.3. The highest BCUT2D eigenvalue weighted by atomic mass is 32.1. The zero-order valence-corrected chi connectivity index (χ0v) is 32.5. The van der Waals surface area contributed by atoms with Crippen molar-refractivity contribution >= 4 is 48.8 Å². The van der Waals surface area contributed by atoms with Crippen molar-refractivity contribution < 1.29 is 0 Å². The summed E-state index contributed by atoms with van der Waals surface area (Å²) in [5.41, 5.74) is 13.9. The molecule has 0 aliphatic heterocycles. The van der Waals surface area contributed by atoms with Crippen LogP contribution in [0.15, 0.2) is 158 Å². The van der Waals surface area contributed by atoms with Crippen LogP contribution in [-0.4, -0.2) is 15.0 Å². The number of benzene rings is 7. The van der Waals surface area contributed by atoms with Gasteiger partial charge in [0.15, 0.2) is 11.6 Å². The number of rotatable bonds is 5. The summed E-state index contributed by atoms with van der Waals surface area (Å²) < 4.78 is 2.48. The Morgan fingerprint density at radius 3 is 1.89 bits per heavy atom. The van der Waals surface area contributed by atoms with Gasteiger partial charge in [-0.2, -0.15) is 9.97 Å². The Morgan fingerprint density at radius 1 is 0.464 bits per heavy atom. The molecule has 11 rings (SSSR count). The summed E-state index contributed by atoms with van der Waals surface area (Å²) in [5, 5.41) is 2.41. The van der Waals surface area contributed by atoms with Crippen LogP contribution in [0.4, 0.5) is 17.3 Å². The van der Waals surface area contributed by atoms with E-state index in [0.29, 0.717) is 17.6 Å². The molecule has 2 aromatic heterocycles. The van der Waals surface area contributed by atoms with Gasteiger partial charge in [-0.25, -0.2) is 4.98 Å². The summed E-state index contributed by atoms with van der Waals surface area (Å²) >= 11 is 1.82. The van der Waals surface area contributed by atoms with E-state index in [1.807, 2.05) is 17.4 Å². The summed E-state index contributed by atoms with van der Waals surface area (Å²) in [6.07, 6.45) is 0. The molecule has 2 aliphatic carbocycles. The summed E-state index contributed by atoms with van der Waals surface area (Å²) in [4.78, 5) is 18.5. The molecule has 0 bridgehead atoms. The fourth-order valence-corrected chi connectivity index (χ4v) is 10.6. The van der Waals surface area contributed by atoms with Crippen LogP contribution in [0.25, 0.3) is 65.2 Å². The normalized spacial score (nSPS) is 14.4. The molecule has 0 atom stereocenters. The Hall–Kier alpha value is -6.43. The van der Waals surface area contributed by atoms with Crippen LogP contribution in [0.5, 0.6) is 0 Å². The summed E-state index contributed by atoms with van der Waals surface area (Å²) in [6, 6.07) is 56.7. The second kappa shape index (κ2) is 12.0. The number of hydrogen-bond donors (Lipinski definition) is 0. The average molecular weight is 739 g/mol. The lowest BCUT2D eigenvalue weighted by atomic mass is 9.80. The van der Waals surface area contributed by atoms with Gasteiger partial charge >= 0.3 is 0 Å². The van der Waals surface area contributed by atoms with Crippen LogP contribution in [0.2, 0.25) is 0 Å². The quantitative estimate of drug-likeness (QED) is 0.176. The third-order valence-electron chi connectivity index (χ3n) is 12.1. The highest BCUT2D eigenvalue weighted by Crippen LogP contribution is 2.54. The van der Waals surface area contributed by atoms with E-state index in [-0.39, 0.29) is 10.8 Å². The first-order valence-electron chi connectivity index (χ1n) is 19.3. The number of thiophene rings is 1. The van der Waals surface area contributed by atoms with Gasteiger partial charge in [0.2, 0.25) is 5.95 Å². The van der Waals surface area contributed by atoms with Crippen molar-refractivity contribution in [1.82, 2.24) is 15.0 Å². The maximum absolute atomic E-state index is 5.54. The van der Waals surface area contributed by atoms with Crippen molar-refractivity contribution in [2.24, 2.45) is 0 Å². The predicted octanol–water partition coefficient (Wildman–Crippen LogP) is 13.7.